The van der Waals surface area contributed by atoms with Crippen molar-refractivity contribution in [3.8, 4) is 0 Å². The molecule has 0 saturated carbocycles. The second kappa shape index (κ2) is 4.71. The molecular weight excluding hydrogens is 218 g/mol. The number of hydrogen-bond donors (Lipinski definition) is 1. The van der Waals surface area contributed by atoms with Gasteiger partial charge in [0.2, 0.25) is 0 Å². The Balaban J connectivity index is 2.02. The number of cyclic esters (lactones) is 1. The molecule has 0 spiro atoms. The van der Waals surface area contributed by atoms with Gasteiger partial charge in [0.25, 0.3) is 0 Å². The summed E-state index contributed by atoms with van der Waals surface area (Å²) in [7, 11) is 1.85. The first-order valence-corrected chi connectivity index (χ1v) is 5.64. The first-order chi connectivity index (χ1) is 8.13. The molecule has 0 bridgehead atoms. The first kappa shape index (κ1) is 11.9. The number of aromatic nitrogens is 1. The minimum absolute atomic E-state index is 0.258. The van der Waals surface area contributed by atoms with Crippen LogP contribution in [-0.4, -0.2) is 41.7 Å². The van der Waals surface area contributed by atoms with Gasteiger partial charge in [-0.25, -0.2) is 4.79 Å². The van der Waals surface area contributed by atoms with Crippen LogP contribution in [0.3, 0.4) is 0 Å². The van der Waals surface area contributed by atoms with Crippen molar-refractivity contribution in [1.82, 2.24) is 15.2 Å². The fraction of sp³-hybridized carbons (Fsp3) is 0.500. The Morgan fingerprint density at radius 1 is 1.65 bits per heavy atom. The van der Waals surface area contributed by atoms with E-state index in [1.807, 2.05) is 26.1 Å². The van der Waals surface area contributed by atoms with Gasteiger partial charge in [-0.05, 0) is 25.6 Å². The Morgan fingerprint density at radius 2 is 2.47 bits per heavy atom. The molecule has 1 unspecified atom stereocenters. The molecule has 1 fully saturated rings. The van der Waals surface area contributed by atoms with Gasteiger partial charge < -0.3 is 10.1 Å². The van der Waals surface area contributed by atoms with E-state index in [4.69, 9.17) is 4.74 Å². The van der Waals surface area contributed by atoms with Gasteiger partial charge in [0.15, 0.2) is 0 Å². The molecule has 1 N–H and O–H groups in total. The number of likely N-dealkylation sites (N-methyl/N-ethyl adjacent to an activating group) is 1. The first-order valence-electron chi connectivity index (χ1n) is 5.64. The average molecular weight is 235 g/mol. The highest BCUT2D eigenvalue weighted by atomic mass is 16.6. The van der Waals surface area contributed by atoms with Crippen LogP contribution in [0.5, 0.6) is 0 Å². The van der Waals surface area contributed by atoms with Crippen molar-refractivity contribution in [1.29, 1.82) is 0 Å². The number of nitrogens with one attached hydrogen (secondary N) is 1. The summed E-state index contributed by atoms with van der Waals surface area (Å²) in [5, 5.41) is 3.04. The number of pyridine rings is 1. The molecule has 1 saturated heterocycles. The predicted molar refractivity (Wildman–Crippen MR) is 63.5 cm³/mol. The highest BCUT2D eigenvalue weighted by Gasteiger charge is 2.40. The van der Waals surface area contributed by atoms with Crippen LogP contribution in [0.4, 0.5) is 4.79 Å². The number of carbonyl (C=O) groups is 1. The summed E-state index contributed by atoms with van der Waals surface area (Å²) in [5.74, 6) is 0. The third-order valence-electron chi connectivity index (χ3n) is 2.76. The fourth-order valence-corrected chi connectivity index (χ4v) is 2.07. The van der Waals surface area contributed by atoms with Crippen LogP contribution in [0, 0.1) is 0 Å². The van der Waals surface area contributed by atoms with Crippen molar-refractivity contribution in [2.24, 2.45) is 0 Å². The molecule has 17 heavy (non-hydrogen) atoms. The van der Waals surface area contributed by atoms with Gasteiger partial charge in [-0.1, -0.05) is 6.07 Å². The molecule has 1 aliphatic heterocycles. The summed E-state index contributed by atoms with van der Waals surface area (Å²) in [6.07, 6.45) is 3.23. The van der Waals surface area contributed by atoms with E-state index in [1.54, 1.807) is 17.3 Å². The van der Waals surface area contributed by atoms with Crippen LogP contribution in [0.25, 0.3) is 0 Å². The molecule has 1 aliphatic rings. The lowest BCUT2D eigenvalue weighted by Gasteiger charge is -2.21. The van der Waals surface area contributed by atoms with E-state index < -0.39 is 5.60 Å². The molecule has 0 aliphatic carbocycles. The Morgan fingerprint density at radius 3 is 3.12 bits per heavy atom. The van der Waals surface area contributed by atoms with Gasteiger partial charge in [-0.2, -0.15) is 0 Å². The summed E-state index contributed by atoms with van der Waals surface area (Å²) < 4.78 is 5.38. The van der Waals surface area contributed by atoms with E-state index in [-0.39, 0.29) is 6.09 Å². The van der Waals surface area contributed by atoms with E-state index in [0.717, 1.165) is 5.56 Å². The minimum atomic E-state index is -0.436. The molecule has 1 aromatic heterocycles. The lowest BCUT2D eigenvalue weighted by Crippen LogP contribution is -2.40. The number of ether oxygens (including phenoxy) is 1. The van der Waals surface area contributed by atoms with Crippen molar-refractivity contribution >= 4 is 6.09 Å². The van der Waals surface area contributed by atoms with Crippen LogP contribution in [0.1, 0.15) is 12.5 Å². The quantitative estimate of drug-likeness (QED) is 0.846. The summed E-state index contributed by atoms with van der Waals surface area (Å²) >= 11 is 0. The lowest BCUT2D eigenvalue weighted by atomic mass is 10.1. The second-order valence-electron chi connectivity index (χ2n) is 4.57. The van der Waals surface area contributed by atoms with Gasteiger partial charge in [0.1, 0.15) is 5.60 Å². The van der Waals surface area contributed by atoms with Crippen LogP contribution in [0.2, 0.25) is 0 Å². The maximum Gasteiger partial charge on any atom is 0.410 e. The minimum Gasteiger partial charge on any atom is -0.440 e. The zero-order chi connectivity index (χ0) is 12.3. The Bertz CT molecular complexity index is 396. The van der Waals surface area contributed by atoms with Gasteiger partial charge in [-0.15, -0.1) is 0 Å². The number of amides is 1. The van der Waals surface area contributed by atoms with E-state index in [1.165, 1.54) is 0 Å². The van der Waals surface area contributed by atoms with Crippen molar-refractivity contribution in [3.63, 3.8) is 0 Å². The standard InChI is InChI=1S/C12H17N3O2/c1-12(8-13-2)9-15(11(16)17-12)7-10-4-3-5-14-6-10/h3-6,13H,7-9H2,1-2H3. The Hall–Kier alpha value is -1.62. The van der Waals surface area contributed by atoms with E-state index in [0.29, 0.717) is 19.6 Å². The van der Waals surface area contributed by atoms with E-state index in [2.05, 4.69) is 10.3 Å². The molecule has 0 aromatic carbocycles. The molecule has 0 radical (unpaired) electrons. The monoisotopic (exact) mass is 235 g/mol. The summed E-state index contributed by atoms with van der Waals surface area (Å²) in [6.45, 7) is 3.74. The highest BCUT2D eigenvalue weighted by Crippen LogP contribution is 2.23. The van der Waals surface area contributed by atoms with Gasteiger partial charge in [-0.3, -0.25) is 9.88 Å². The van der Waals surface area contributed by atoms with Crippen LogP contribution in [-0.2, 0) is 11.3 Å². The summed E-state index contributed by atoms with van der Waals surface area (Å²) in [6, 6.07) is 3.82. The number of nitrogens with zero attached hydrogens (tertiary/aromatic N) is 2. The molecule has 1 atom stereocenters. The highest BCUT2D eigenvalue weighted by molar-refractivity contribution is 5.70. The number of hydrogen-bond acceptors (Lipinski definition) is 4. The average Bonchev–Trinajstić information content (AvgIpc) is 2.56. The molecule has 1 amide bonds. The summed E-state index contributed by atoms with van der Waals surface area (Å²) in [4.78, 5) is 17.5. The lowest BCUT2D eigenvalue weighted by molar-refractivity contribution is 0.0729. The predicted octanol–water partition coefficient (Wildman–Crippen LogP) is 1.01. The normalized spacial score (nSPS) is 23.9. The molecule has 2 heterocycles. The molecule has 1 aromatic rings. The SMILES string of the molecule is CNCC1(C)CN(Cc2cccnc2)C(=O)O1. The van der Waals surface area contributed by atoms with E-state index >= 15 is 0 Å². The molecule has 5 nitrogen and oxygen atoms in total. The van der Waals surface area contributed by atoms with Gasteiger partial charge in [0.05, 0.1) is 13.1 Å². The van der Waals surface area contributed by atoms with Crippen molar-refractivity contribution in [3.05, 3.63) is 30.1 Å². The van der Waals surface area contributed by atoms with E-state index in [9.17, 15) is 4.79 Å². The van der Waals surface area contributed by atoms with Crippen LogP contribution >= 0.6 is 0 Å². The third-order valence-corrected chi connectivity index (χ3v) is 2.76. The molecule has 5 heteroatoms. The van der Waals surface area contributed by atoms with Crippen LogP contribution < -0.4 is 5.32 Å². The number of rotatable bonds is 4. The zero-order valence-corrected chi connectivity index (χ0v) is 10.1. The van der Waals surface area contributed by atoms with Crippen LogP contribution in [0.15, 0.2) is 24.5 Å². The Kier molecular flexibility index (Phi) is 3.28. The van der Waals surface area contributed by atoms with Crippen molar-refractivity contribution in [2.45, 2.75) is 19.1 Å². The smallest absolute Gasteiger partial charge is 0.410 e. The van der Waals surface area contributed by atoms with Crippen molar-refractivity contribution in [2.75, 3.05) is 20.1 Å². The molecule has 2 rings (SSSR count). The van der Waals surface area contributed by atoms with Gasteiger partial charge in [0, 0.05) is 18.9 Å². The maximum atomic E-state index is 11.7. The fourth-order valence-electron chi connectivity index (χ4n) is 2.07. The van der Waals surface area contributed by atoms with Crippen molar-refractivity contribution < 1.29 is 9.53 Å². The summed E-state index contributed by atoms with van der Waals surface area (Å²) in [5.41, 5.74) is 0.576. The number of carbonyl (C=O) groups excluding carboxylic acids is 1. The third kappa shape index (κ3) is 2.74. The molecular formula is C12H17N3O2. The topological polar surface area (TPSA) is 54.5 Å². The second-order valence-corrected chi connectivity index (χ2v) is 4.57. The van der Waals surface area contributed by atoms with Gasteiger partial charge >= 0.3 is 6.09 Å². The largest absolute Gasteiger partial charge is 0.440 e. The Labute approximate surface area is 101 Å². The molecule has 92 valence electrons. The maximum absolute atomic E-state index is 11.7. The zero-order valence-electron chi connectivity index (χ0n) is 10.1.